The number of hydrogen-bond acceptors (Lipinski definition) is 7. The van der Waals surface area contributed by atoms with E-state index in [0.29, 0.717) is 10.7 Å². The molecule has 3 atom stereocenters. The summed E-state index contributed by atoms with van der Waals surface area (Å²) in [4.78, 5) is 42.7. The van der Waals surface area contributed by atoms with Crippen LogP contribution in [-0.4, -0.2) is 46.9 Å². The Labute approximate surface area is 180 Å². The molecule has 4 heterocycles. The van der Waals surface area contributed by atoms with Crippen LogP contribution >= 0.6 is 39.0 Å². The standard InChI is InChI=1S/C18H12BrN3O5S2/c1-8(23)27-13(18(19)15(26)22-11(14(24)25)7-28-16(18)22)9-6-21-10-4-2-3-5-12(10)29-17(21)20-9/h2-7,13,16H,1H3,(H,24,25). The Bertz CT molecular complexity index is 1250. The van der Waals surface area contributed by atoms with Crippen molar-refractivity contribution in [3.05, 3.63) is 47.3 Å². The number of alkyl halides is 1. The molecule has 0 radical (unpaired) electrons. The number of para-hydroxylation sites is 1. The van der Waals surface area contributed by atoms with Crippen molar-refractivity contribution in [2.24, 2.45) is 0 Å². The van der Waals surface area contributed by atoms with E-state index < -0.39 is 33.6 Å². The minimum absolute atomic E-state index is 0.0848. The fourth-order valence-electron chi connectivity index (χ4n) is 3.61. The lowest BCUT2D eigenvalue weighted by atomic mass is 9.89. The van der Waals surface area contributed by atoms with Gasteiger partial charge in [-0.2, -0.15) is 0 Å². The number of hydrogen-bond donors (Lipinski definition) is 1. The first-order valence-corrected chi connectivity index (χ1v) is 11.0. The van der Waals surface area contributed by atoms with Gasteiger partial charge in [0.2, 0.25) is 0 Å². The molecule has 2 aliphatic heterocycles. The molecule has 0 saturated carbocycles. The van der Waals surface area contributed by atoms with Crippen LogP contribution in [0, 0.1) is 0 Å². The summed E-state index contributed by atoms with van der Waals surface area (Å²) in [5, 5.41) is 10.2. The van der Waals surface area contributed by atoms with Gasteiger partial charge in [0, 0.05) is 18.5 Å². The monoisotopic (exact) mass is 493 g/mol. The molecule has 148 valence electrons. The second kappa shape index (κ2) is 6.31. The van der Waals surface area contributed by atoms with Crippen molar-refractivity contribution in [2.75, 3.05) is 0 Å². The number of thioether (sulfide) groups is 1. The number of esters is 1. The second-order valence-electron chi connectivity index (χ2n) is 6.62. The Morgan fingerprint density at radius 1 is 1.38 bits per heavy atom. The largest absolute Gasteiger partial charge is 0.477 e. The van der Waals surface area contributed by atoms with Crippen LogP contribution in [-0.2, 0) is 19.1 Å². The average Bonchev–Trinajstić information content (AvgIpc) is 3.36. The smallest absolute Gasteiger partial charge is 0.353 e. The van der Waals surface area contributed by atoms with Crippen LogP contribution in [0.4, 0.5) is 0 Å². The number of amides is 1. The molecule has 1 amide bonds. The predicted octanol–water partition coefficient (Wildman–Crippen LogP) is 3.13. The molecule has 2 aliphatic rings. The number of benzene rings is 1. The quantitative estimate of drug-likeness (QED) is 0.338. The van der Waals surface area contributed by atoms with E-state index in [2.05, 4.69) is 20.9 Å². The van der Waals surface area contributed by atoms with Crippen LogP contribution in [0.25, 0.3) is 15.2 Å². The van der Waals surface area contributed by atoms with E-state index in [-0.39, 0.29) is 5.70 Å². The van der Waals surface area contributed by atoms with E-state index >= 15 is 0 Å². The molecule has 5 rings (SSSR count). The van der Waals surface area contributed by atoms with Gasteiger partial charge in [-0.25, -0.2) is 9.78 Å². The van der Waals surface area contributed by atoms with Gasteiger partial charge < -0.3 is 9.84 Å². The van der Waals surface area contributed by atoms with Crippen LogP contribution < -0.4 is 0 Å². The van der Waals surface area contributed by atoms with E-state index in [4.69, 9.17) is 4.74 Å². The summed E-state index contributed by atoms with van der Waals surface area (Å²) < 4.78 is 7.19. The van der Waals surface area contributed by atoms with E-state index in [0.717, 1.165) is 10.2 Å². The molecule has 0 spiro atoms. The lowest BCUT2D eigenvalue weighted by molar-refractivity contribution is -0.162. The fraction of sp³-hybridized carbons (Fsp3) is 0.222. The fourth-order valence-corrected chi connectivity index (χ4v) is 6.90. The molecule has 1 fully saturated rings. The number of carboxylic acid groups (broad SMARTS) is 1. The third-order valence-electron chi connectivity index (χ3n) is 4.88. The number of aliphatic carboxylic acids is 1. The zero-order valence-corrected chi connectivity index (χ0v) is 18.0. The van der Waals surface area contributed by atoms with Gasteiger partial charge in [0.15, 0.2) is 15.4 Å². The van der Waals surface area contributed by atoms with E-state index in [9.17, 15) is 19.5 Å². The van der Waals surface area contributed by atoms with Crippen molar-refractivity contribution < 1.29 is 24.2 Å². The summed E-state index contributed by atoms with van der Waals surface area (Å²) >= 11 is 6.16. The Balaban J connectivity index is 1.58. The number of β-lactam (4-membered cyclic amide) rings is 1. The topological polar surface area (TPSA) is 101 Å². The molecule has 3 unspecified atom stereocenters. The molecule has 1 aromatic carbocycles. The summed E-state index contributed by atoms with van der Waals surface area (Å²) in [7, 11) is 0. The number of thiazole rings is 1. The maximum Gasteiger partial charge on any atom is 0.353 e. The Kier molecular flexibility index (Phi) is 4.06. The number of imidazole rings is 1. The Morgan fingerprint density at radius 2 is 2.14 bits per heavy atom. The van der Waals surface area contributed by atoms with Gasteiger partial charge >= 0.3 is 11.9 Å². The number of halogens is 1. The van der Waals surface area contributed by atoms with Crippen LogP contribution in [0.2, 0.25) is 0 Å². The predicted molar refractivity (Wildman–Crippen MR) is 111 cm³/mol. The number of nitrogens with zero attached hydrogens (tertiary/aromatic N) is 3. The van der Waals surface area contributed by atoms with Crippen LogP contribution in [0.5, 0.6) is 0 Å². The average molecular weight is 494 g/mol. The van der Waals surface area contributed by atoms with E-state index in [1.54, 1.807) is 6.20 Å². The van der Waals surface area contributed by atoms with Crippen LogP contribution in [0.15, 0.2) is 41.6 Å². The number of carboxylic acids is 1. The Hall–Kier alpha value is -2.37. The zero-order valence-electron chi connectivity index (χ0n) is 14.7. The van der Waals surface area contributed by atoms with Gasteiger partial charge in [-0.05, 0) is 12.1 Å². The summed E-state index contributed by atoms with van der Waals surface area (Å²) in [6.45, 7) is 1.26. The summed E-state index contributed by atoms with van der Waals surface area (Å²) in [5.74, 6) is -2.22. The van der Waals surface area contributed by atoms with Crippen LogP contribution in [0.1, 0.15) is 18.7 Å². The Morgan fingerprint density at radius 3 is 2.86 bits per heavy atom. The summed E-state index contributed by atoms with van der Waals surface area (Å²) in [6, 6.07) is 7.82. The SMILES string of the molecule is CC(=O)OC(c1cn2c(n1)sc1ccccc12)C1(Br)C(=O)N2C(C(=O)O)=CSC21. The van der Waals surface area contributed by atoms with Crippen molar-refractivity contribution in [1.82, 2.24) is 14.3 Å². The zero-order chi connectivity index (χ0) is 20.5. The second-order valence-corrected chi connectivity index (χ2v) is 9.89. The third kappa shape index (κ3) is 2.50. The van der Waals surface area contributed by atoms with Crippen molar-refractivity contribution in [1.29, 1.82) is 0 Å². The first kappa shape index (κ1) is 18.6. The maximum absolute atomic E-state index is 13.0. The number of rotatable bonds is 4. The first-order valence-electron chi connectivity index (χ1n) is 8.47. The van der Waals surface area contributed by atoms with Crippen molar-refractivity contribution in [3.63, 3.8) is 0 Å². The molecule has 2 aromatic heterocycles. The van der Waals surface area contributed by atoms with Gasteiger partial charge in [0.25, 0.3) is 5.91 Å². The highest BCUT2D eigenvalue weighted by atomic mass is 79.9. The molecule has 11 heteroatoms. The molecule has 0 aliphatic carbocycles. The molecule has 8 nitrogen and oxygen atoms in total. The lowest BCUT2D eigenvalue weighted by Gasteiger charge is -2.51. The number of aromatic nitrogens is 2. The first-order chi connectivity index (χ1) is 13.8. The molecule has 3 aromatic rings. The molecule has 1 saturated heterocycles. The van der Waals surface area contributed by atoms with Crippen molar-refractivity contribution in [3.8, 4) is 0 Å². The highest BCUT2D eigenvalue weighted by Crippen LogP contribution is 2.57. The lowest BCUT2D eigenvalue weighted by Crippen LogP contribution is -2.70. The maximum atomic E-state index is 13.0. The van der Waals surface area contributed by atoms with E-state index in [1.807, 2.05) is 28.7 Å². The number of carbonyl (C=O) groups excluding carboxylic acids is 2. The molecule has 0 bridgehead atoms. The van der Waals surface area contributed by atoms with E-state index in [1.165, 1.54) is 40.3 Å². The summed E-state index contributed by atoms with van der Waals surface area (Å²) in [5.41, 5.74) is 1.30. The van der Waals surface area contributed by atoms with Gasteiger partial charge in [-0.1, -0.05) is 39.4 Å². The third-order valence-corrected chi connectivity index (χ3v) is 8.61. The minimum Gasteiger partial charge on any atom is -0.477 e. The highest BCUT2D eigenvalue weighted by molar-refractivity contribution is 9.10. The van der Waals surface area contributed by atoms with Crippen molar-refractivity contribution >= 4 is 72.1 Å². The highest BCUT2D eigenvalue weighted by Gasteiger charge is 2.69. The number of carbonyl (C=O) groups is 3. The summed E-state index contributed by atoms with van der Waals surface area (Å²) in [6.07, 6.45) is 0.750. The number of ether oxygens (including phenoxy) is 1. The minimum atomic E-state index is -1.31. The molecule has 1 N–H and O–H groups in total. The van der Waals surface area contributed by atoms with Gasteiger partial charge in [-0.15, -0.1) is 11.8 Å². The molecular formula is C18H12BrN3O5S2. The van der Waals surface area contributed by atoms with Gasteiger partial charge in [-0.3, -0.25) is 18.9 Å². The van der Waals surface area contributed by atoms with Crippen molar-refractivity contribution in [2.45, 2.75) is 22.7 Å². The normalized spacial score (nSPS) is 24.3. The number of fused-ring (bicyclic) bond motifs is 4. The van der Waals surface area contributed by atoms with Gasteiger partial charge in [0.1, 0.15) is 16.8 Å². The molecule has 29 heavy (non-hydrogen) atoms. The van der Waals surface area contributed by atoms with Gasteiger partial charge in [0.05, 0.1) is 10.2 Å². The molecular weight excluding hydrogens is 482 g/mol. The van der Waals surface area contributed by atoms with Crippen LogP contribution in [0.3, 0.4) is 0 Å².